The molecule has 1 aliphatic heterocycles. The molecule has 0 saturated carbocycles. The fourth-order valence-corrected chi connectivity index (χ4v) is 4.61. The predicted molar refractivity (Wildman–Crippen MR) is 136 cm³/mol. The summed E-state index contributed by atoms with van der Waals surface area (Å²) in [5.74, 6) is -1.03. The van der Waals surface area contributed by atoms with Gasteiger partial charge in [-0.15, -0.1) is 0 Å². The summed E-state index contributed by atoms with van der Waals surface area (Å²) < 4.78 is 5.30. The van der Waals surface area contributed by atoms with Gasteiger partial charge in [0.1, 0.15) is 0 Å². The largest absolute Gasteiger partial charge is 0.478 e. The molecule has 3 rings (SSSR count). The van der Waals surface area contributed by atoms with Crippen molar-refractivity contribution in [1.82, 2.24) is 10.2 Å². The number of alkyl carbamates (subject to hydrolysis) is 1. The molecule has 2 N–H and O–H groups in total. The quantitative estimate of drug-likeness (QED) is 0.603. The second-order valence-electron chi connectivity index (χ2n) is 9.65. The van der Waals surface area contributed by atoms with E-state index >= 15 is 0 Å². The van der Waals surface area contributed by atoms with Crippen molar-refractivity contribution >= 4 is 23.7 Å². The lowest BCUT2D eigenvalue weighted by Crippen LogP contribution is -2.45. The molecule has 1 aliphatic rings. The van der Waals surface area contributed by atoms with E-state index in [1.165, 1.54) is 6.92 Å². The van der Waals surface area contributed by atoms with Gasteiger partial charge in [0.2, 0.25) is 5.91 Å². The third-order valence-electron chi connectivity index (χ3n) is 6.49. The minimum Gasteiger partial charge on any atom is -0.478 e. The summed E-state index contributed by atoms with van der Waals surface area (Å²) >= 11 is 0. The number of ether oxygens (including phenoxy) is 1. The van der Waals surface area contributed by atoms with Gasteiger partial charge in [0.15, 0.2) is 0 Å². The van der Waals surface area contributed by atoms with Crippen LogP contribution in [0, 0.1) is 0 Å². The van der Waals surface area contributed by atoms with Gasteiger partial charge in [-0.05, 0) is 94.7 Å². The van der Waals surface area contributed by atoms with Gasteiger partial charge in [-0.25, -0.2) is 9.59 Å². The first-order chi connectivity index (χ1) is 16.4. The fraction of sp³-hybridized carbons (Fsp3) is 0.444. The van der Waals surface area contributed by atoms with Gasteiger partial charge in [0, 0.05) is 24.7 Å². The van der Waals surface area contributed by atoms with Crippen molar-refractivity contribution in [2.45, 2.75) is 65.3 Å². The number of carboxylic acids is 1. The van der Waals surface area contributed by atoms with Crippen molar-refractivity contribution in [2.24, 2.45) is 0 Å². The molecule has 188 valence electrons. The molecule has 0 aromatic heterocycles. The van der Waals surface area contributed by atoms with E-state index in [9.17, 15) is 19.5 Å². The Labute approximate surface area is 206 Å². The van der Waals surface area contributed by atoms with E-state index in [1.54, 1.807) is 30.9 Å². The maximum absolute atomic E-state index is 12.4. The van der Waals surface area contributed by atoms with Crippen molar-refractivity contribution in [2.75, 3.05) is 19.0 Å². The zero-order valence-electron chi connectivity index (χ0n) is 21.5. The third-order valence-corrected chi connectivity index (χ3v) is 6.49. The number of fused-ring (bicyclic) bond motifs is 1. The van der Waals surface area contributed by atoms with Crippen LogP contribution in [0.25, 0.3) is 11.1 Å². The van der Waals surface area contributed by atoms with Crippen LogP contribution < -0.4 is 10.2 Å². The van der Waals surface area contributed by atoms with Gasteiger partial charge in [0.25, 0.3) is 0 Å². The molecule has 2 aromatic rings. The maximum Gasteiger partial charge on any atom is 0.407 e. The van der Waals surface area contributed by atoms with Crippen molar-refractivity contribution in [3.8, 4) is 11.1 Å². The molecule has 1 heterocycles. The Balaban J connectivity index is 2.10. The van der Waals surface area contributed by atoms with Gasteiger partial charge in [-0.1, -0.05) is 12.1 Å². The Hall–Kier alpha value is -3.39. The summed E-state index contributed by atoms with van der Waals surface area (Å²) in [7, 11) is 3.82. The van der Waals surface area contributed by atoms with Crippen LogP contribution in [0.3, 0.4) is 0 Å². The number of nitrogens with one attached hydrogen (secondary N) is 1. The Kier molecular flexibility index (Phi) is 7.85. The van der Waals surface area contributed by atoms with Crippen molar-refractivity contribution in [3.63, 3.8) is 0 Å². The molecular weight excluding hydrogens is 446 g/mol. The van der Waals surface area contributed by atoms with Crippen LogP contribution in [0.15, 0.2) is 36.4 Å². The molecule has 2 amide bonds. The number of aromatic carboxylic acids is 1. The second-order valence-corrected chi connectivity index (χ2v) is 9.65. The number of hydrogen-bond acceptors (Lipinski definition) is 5. The minimum atomic E-state index is -0.968. The maximum atomic E-state index is 12.4. The van der Waals surface area contributed by atoms with Crippen LogP contribution in [0.4, 0.5) is 10.5 Å². The number of carbonyl (C=O) groups excluding carboxylic acids is 2. The van der Waals surface area contributed by atoms with E-state index in [0.29, 0.717) is 12.0 Å². The van der Waals surface area contributed by atoms with Crippen molar-refractivity contribution in [1.29, 1.82) is 0 Å². The molecule has 0 spiro atoms. The third kappa shape index (κ3) is 5.65. The number of carbonyl (C=O) groups is 3. The Bertz CT molecular complexity index is 1130. The Morgan fingerprint density at radius 2 is 1.71 bits per heavy atom. The van der Waals surface area contributed by atoms with Gasteiger partial charge in [0.05, 0.1) is 17.7 Å². The monoisotopic (exact) mass is 481 g/mol. The first-order valence-electron chi connectivity index (χ1n) is 11.9. The fourth-order valence-electron chi connectivity index (χ4n) is 4.61. The van der Waals surface area contributed by atoms with Crippen LogP contribution >= 0.6 is 0 Å². The smallest absolute Gasteiger partial charge is 0.407 e. The number of anilines is 1. The summed E-state index contributed by atoms with van der Waals surface area (Å²) in [5, 5.41) is 12.7. The van der Waals surface area contributed by atoms with Gasteiger partial charge in [-0.3, -0.25) is 4.79 Å². The average Bonchev–Trinajstić information content (AvgIpc) is 2.76. The molecule has 0 aliphatic carbocycles. The van der Waals surface area contributed by atoms with Crippen LogP contribution in [0.5, 0.6) is 0 Å². The van der Waals surface area contributed by atoms with Gasteiger partial charge in [-0.2, -0.15) is 0 Å². The van der Waals surface area contributed by atoms with Crippen molar-refractivity contribution < 1.29 is 24.2 Å². The molecule has 0 saturated heterocycles. The highest BCUT2D eigenvalue weighted by Gasteiger charge is 2.34. The van der Waals surface area contributed by atoms with Crippen molar-refractivity contribution in [3.05, 3.63) is 53.1 Å². The average molecular weight is 482 g/mol. The normalized spacial score (nSPS) is 18.3. The Morgan fingerprint density at radius 3 is 2.29 bits per heavy atom. The Morgan fingerprint density at radius 1 is 1.09 bits per heavy atom. The van der Waals surface area contributed by atoms with E-state index in [4.69, 9.17) is 4.74 Å². The molecule has 8 heteroatoms. The summed E-state index contributed by atoms with van der Waals surface area (Å²) in [6.07, 6.45) is -0.206. The standard InChI is InChI=1S/C27H35N3O5/c1-15(2)35-27(34)28-24-12-16(3)30(18(5)31)25-11-9-20(14-23(24)25)19-8-10-21(26(32)33)22(13-19)17(4)29(6)7/h8-11,13-17,24H,12H2,1-7H3,(H,28,34)(H,32,33)/t16-,17?,24+/m0/s1. The molecule has 2 aromatic carbocycles. The van der Waals surface area contributed by atoms with E-state index in [-0.39, 0.29) is 35.7 Å². The molecule has 3 atom stereocenters. The molecule has 1 unspecified atom stereocenters. The van der Waals surface area contributed by atoms with Crippen LogP contribution in [-0.2, 0) is 9.53 Å². The number of carboxylic acid groups (broad SMARTS) is 1. The lowest BCUT2D eigenvalue weighted by atomic mass is 9.88. The van der Waals surface area contributed by atoms with E-state index in [0.717, 1.165) is 22.4 Å². The highest BCUT2D eigenvalue weighted by molar-refractivity contribution is 5.94. The SMILES string of the molecule is CC(=O)N1c2ccc(-c3ccc(C(=O)O)c(C(C)N(C)C)c3)cc2[C@H](NC(=O)OC(C)C)C[C@@H]1C. The number of rotatable bonds is 6. The number of benzene rings is 2. The number of hydrogen-bond donors (Lipinski definition) is 2. The van der Waals surface area contributed by atoms with Crippen LogP contribution in [-0.4, -0.2) is 54.2 Å². The summed E-state index contributed by atoms with van der Waals surface area (Å²) in [6, 6.07) is 10.6. The van der Waals surface area contributed by atoms with E-state index in [1.807, 2.05) is 57.1 Å². The van der Waals surface area contributed by atoms with E-state index in [2.05, 4.69) is 5.32 Å². The zero-order valence-corrected chi connectivity index (χ0v) is 21.5. The van der Waals surface area contributed by atoms with Gasteiger partial charge < -0.3 is 25.0 Å². The highest BCUT2D eigenvalue weighted by atomic mass is 16.6. The summed E-state index contributed by atoms with van der Waals surface area (Å²) in [6.45, 7) is 9.04. The molecule has 0 radical (unpaired) electrons. The minimum absolute atomic E-state index is 0.0670. The first-order valence-corrected chi connectivity index (χ1v) is 11.9. The predicted octanol–water partition coefficient (Wildman–Crippen LogP) is 5.00. The first kappa shape index (κ1) is 26.2. The topological polar surface area (TPSA) is 99.2 Å². The summed E-state index contributed by atoms with van der Waals surface area (Å²) in [5.41, 5.74) is 4.28. The van der Waals surface area contributed by atoms with Crippen LogP contribution in [0.1, 0.15) is 74.6 Å². The summed E-state index contributed by atoms with van der Waals surface area (Å²) in [4.78, 5) is 40.4. The number of nitrogens with zero attached hydrogens (tertiary/aromatic N) is 2. The van der Waals surface area contributed by atoms with E-state index < -0.39 is 12.1 Å². The lowest BCUT2D eigenvalue weighted by molar-refractivity contribution is -0.117. The lowest BCUT2D eigenvalue weighted by Gasteiger charge is -2.39. The van der Waals surface area contributed by atoms with Crippen LogP contribution in [0.2, 0.25) is 0 Å². The molecule has 8 nitrogen and oxygen atoms in total. The number of amides is 2. The van der Waals surface area contributed by atoms with Gasteiger partial charge >= 0.3 is 12.1 Å². The molecule has 0 bridgehead atoms. The highest BCUT2D eigenvalue weighted by Crippen LogP contribution is 2.40. The molecular formula is C27H35N3O5. The molecule has 35 heavy (non-hydrogen) atoms. The molecule has 0 fully saturated rings. The second kappa shape index (κ2) is 10.5. The zero-order chi connectivity index (χ0) is 26.0.